The maximum atomic E-state index is 14.4. The van der Waals surface area contributed by atoms with E-state index in [1.165, 1.54) is 17.0 Å². The summed E-state index contributed by atoms with van der Waals surface area (Å²) >= 11 is 0. The Morgan fingerprint density at radius 2 is 1.34 bits per heavy atom. The van der Waals surface area contributed by atoms with E-state index in [9.17, 15) is 53.1 Å². The molecule has 2 saturated heterocycles. The lowest BCUT2D eigenvalue weighted by Crippen LogP contribution is -2.61. The van der Waals surface area contributed by atoms with Crippen molar-refractivity contribution in [1.82, 2.24) is 36.8 Å². The summed E-state index contributed by atoms with van der Waals surface area (Å²) in [6, 6.07) is 4.86. The van der Waals surface area contributed by atoms with Crippen LogP contribution in [0.4, 0.5) is 0 Å². The molecular weight excluding hydrogens is 951 g/mol. The number of phenols is 1. The molecule has 0 aliphatic carbocycles. The largest absolute Gasteiger partial charge is 0.508 e. The number of nitrogens with one attached hydrogen (secondary N) is 6. The molecule has 0 spiro atoms. The number of guanidine groups is 1. The third-order valence-electron chi connectivity index (χ3n) is 11.1. The van der Waals surface area contributed by atoms with Crippen molar-refractivity contribution in [3.63, 3.8) is 0 Å². The molecule has 0 bridgehead atoms. The van der Waals surface area contributed by atoms with E-state index in [0.29, 0.717) is 17.5 Å². The number of rotatable bonds is 17. The van der Waals surface area contributed by atoms with Crippen LogP contribution in [-0.2, 0) is 60.8 Å². The number of hydrogen-bond acceptors (Lipinski definition) is 14. The van der Waals surface area contributed by atoms with Gasteiger partial charge in [-0.1, -0.05) is 64.1 Å². The molecule has 0 radical (unpaired) electrons. The first-order chi connectivity index (χ1) is 33.3. The molecule has 2 aliphatic rings. The molecule has 380 valence electrons. The van der Waals surface area contributed by atoms with Crippen LogP contribution in [-0.4, -0.2) is 142 Å². The maximum absolute atomic E-state index is 14.4. The summed E-state index contributed by atoms with van der Waals surface area (Å²) in [6.07, 6.45) is -0.997. The van der Waals surface area contributed by atoms with Crippen LogP contribution in [0.2, 0.25) is 0 Å². The molecule has 2 heterocycles. The predicted molar refractivity (Wildman–Crippen MR) is 259 cm³/mol. The van der Waals surface area contributed by atoms with Crippen molar-refractivity contribution in [2.45, 2.75) is 107 Å². The van der Waals surface area contributed by atoms with Gasteiger partial charge in [-0.3, -0.25) is 52.9 Å². The number of amides is 10. The Labute approximate surface area is 411 Å². The molecule has 2 aromatic rings. The van der Waals surface area contributed by atoms with Crippen LogP contribution in [0, 0.1) is 0 Å². The lowest BCUT2D eigenvalue weighted by atomic mass is 10.0. The van der Waals surface area contributed by atoms with E-state index in [0.717, 1.165) is 21.6 Å². The van der Waals surface area contributed by atoms with E-state index in [-0.39, 0.29) is 74.8 Å². The van der Waals surface area contributed by atoms with Crippen LogP contribution in [0.1, 0.15) is 62.5 Å². The van der Waals surface area contributed by atoms with Crippen molar-refractivity contribution in [1.29, 1.82) is 0 Å². The Kier molecular flexibility index (Phi) is 22.0. The number of hydrogen-bond donors (Lipinski definition) is 12. The van der Waals surface area contributed by atoms with Gasteiger partial charge in [-0.25, -0.2) is 0 Å². The first-order valence-electron chi connectivity index (χ1n) is 22.4. The number of carbonyl (C=O) groups excluding carboxylic acids is 10. The van der Waals surface area contributed by atoms with Gasteiger partial charge in [0, 0.05) is 50.3 Å². The predicted octanol–water partition coefficient (Wildman–Crippen LogP) is -3.46. The second-order valence-electron chi connectivity index (χ2n) is 16.6. The molecule has 10 amide bonds. The first-order valence-corrected chi connectivity index (χ1v) is 24.9. The molecule has 0 aromatic heterocycles. The first kappa shape index (κ1) is 55.5. The topological polar surface area (TPSA) is 409 Å². The molecule has 24 nitrogen and oxygen atoms in total. The van der Waals surface area contributed by atoms with E-state index in [4.69, 9.17) is 28.7 Å². The summed E-state index contributed by atoms with van der Waals surface area (Å²) in [5.41, 5.74) is 28.4. The van der Waals surface area contributed by atoms with Crippen molar-refractivity contribution in [2.75, 3.05) is 24.6 Å². The zero-order chi connectivity index (χ0) is 51.3. The number of nitrogens with two attached hydrogens (primary N) is 5. The fraction of sp³-hybridized carbons (Fsp3) is 0.477. The average Bonchev–Trinajstić information content (AvgIpc) is 3.80. The number of aromatic hydroxyl groups is 1. The second kappa shape index (κ2) is 27.8. The molecule has 2 aliphatic heterocycles. The maximum Gasteiger partial charge on any atom is 0.246 e. The summed E-state index contributed by atoms with van der Waals surface area (Å²) in [6.45, 7) is 0.228. The number of carbonyl (C=O) groups is 10. The van der Waals surface area contributed by atoms with Gasteiger partial charge in [0.05, 0.1) is 6.42 Å². The fourth-order valence-corrected chi connectivity index (χ4v) is 9.65. The molecule has 26 heteroatoms. The van der Waals surface area contributed by atoms with Crippen LogP contribution >= 0.6 is 21.6 Å². The van der Waals surface area contributed by atoms with Crippen LogP contribution < -0.4 is 60.6 Å². The van der Waals surface area contributed by atoms with Gasteiger partial charge in [0.25, 0.3) is 0 Å². The Morgan fingerprint density at radius 1 is 0.743 bits per heavy atom. The number of primary amides is 3. The molecule has 4 rings (SSSR count). The molecule has 70 heavy (non-hydrogen) atoms. The summed E-state index contributed by atoms with van der Waals surface area (Å²) in [7, 11) is 2.23. The van der Waals surface area contributed by atoms with Crippen molar-refractivity contribution in [2.24, 2.45) is 33.7 Å². The van der Waals surface area contributed by atoms with Gasteiger partial charge >= 0.3 is 0 Å². The van der Waals surface area contributed by atoms with Gasteiger partial charge in [-0.05, 0) is 55.4 Å². The Hall–Kier alpha value is -7.09. The standard InChI is InChI=1S/C44H61N13O11S2/c45-34(59)15-14-28-38(63)55-31(22-35(46)60)41(66)56-32(43(68)57-18-5-9-33(57)42(67)52-27(37(47)62)8-4-17-50-44(48)49)23-70-69-19-16-36(61)51-29(21-25-10-12-26(58)13-11-25)39(64)54-30(40(65)53-28)20-24-6-2-1-3-7-24/h1-3,6-7,10-13,27-33,58H,4-5,8-9,14-23H2,(H2,45,59)(H2,46,60)(H2,47,62)(H,51,61)(H,52,67)(H,53,65)(H,54,64)(H,55,63)(H,56,66)(H4,48,49,50)/t27-,28+,29+,30+,31+,32+,33+/m1/s1. The third-order valence-corrected chi connectivity index (χ3v) is 13.5. The van der Waals surface area contributed by atoms with Gasteiger partial charge in [0.2, 0.25) is 59.1 Å². The zero-order valence-electron chi connectivity index (χ0n) is 38.3. The summed E-state index contributed by atoms with van der Waals surface area (Å²) in [5, 5.41) is 25.4. The minimum atomic E-state index is -1.74. The Morgan fingerprint density at radius 3 is 1.97 bits per heavy atom. The van der Waals surface area contributed by atoms with E-state index < -0.39 is 121 Å². The SMILES string of the molecule is NC(=O)CC[C@@H]1NC(=O)[C@H](Cc2ccccc2)NC(=O)[C@H](Cc2ccc(O)cc2)NC(=O)CCSSC[C@@H](C(=O)N2CCC[C@H]2C(=O)N[C@H](CCCN=C(N)N)C(N)=O)NC(=O)[C@H](CC(N)=O)NC1=O. The third kappa shape index (κ3) is 18.4. The lowest BCUT2D eigenvalue weighted by molar-refractivity contribution is -0.142. The monoisotopic (exact) mass is 1010 g/mol. The van der Waals surface area contributed by atoms with Crippen LogP contribution in [0.15, 0.2) is 59.6 Å². The van der Waals surface area contributed by atoms with Crippen molar-refractivity contribution < 1.29 is 53.1 Å². The summed E-state index contributed by atoms with van der Waals surface area (Å²) in [4.78, 5) is 140. The number of aliphatic imine (C=N–C) groups is 1. The average molecular weight is 1010 g/mol. The minimum Gasteiger partial charge on any atom is -0.508 e. The summed E-state index contributed by atoms with van der Waals surface area (Å²) < 4.78 is 0. The lowest BCUT2D eigenvalue weighted by Gasteiger charge is -2.30. The van der Waals surface area contributed by atoms with Crippen LogP contribution in [0.5, 0.6) is 5.75 Å². The van der Waals surface area contributed by atoms with Crippen molar-refractivity contribution >= 4 is 86.6 Å². The highest BCUT2D eigenvalue weighted by Crippen LogP contribution is 2.26. The van der Waals surface area contributed by atoms with E-state index >= 15 is 0 Å². The molecule has 17 N–H and O–H groups in total. The van der Waals surface area contributed by atoms with Gasteiger partial charge in [-0.15, -0.1) is 0 Å². The highest BCUT2D eigenvalue weighted by atomic mass is 33.1. The molecule has 7 atom stereocenters. The number of benzene rings is 2. The fourth-order valence-electron chi connectivity index (χ4n) is 7.50. The number of nitrogens with zero attached hydrogens (tertiary/aromatic N) is 2. The molecule has 2 aromatic carbocycles. The van der Waals surface area contributed by atoms with Crippen molar-refractivity contribution in [3.8, 4) is 5.75 Å². The quantitative estimate of drug-likeness (QED) is 0.0317. The highest BCUT2D eigenvalue weighted by Gasteiger charge is 2.40. The zero-order valence-corrected chi connectivity index (χ0v) is 39.9. The molecular formula is C44H61N13O11S2. The van der Waals surface area contributed by atoms with Gasteiger partial charge in [0.15, 0.2) is 5.96 Å². The van der Waals surface area contributed by atoms with E-state index in [1.54, 1.807) is 42.5 Å². The van der Waals surface area contributed by atoms with E-state index in [1.807, 2.05) is 0 Å². The normalized spacial score (nSPS) is 22.4. The van der Waals surface area contributed by atoms with E-state index in [2.05, 4.69) is 36.9 Å². The Bertz CT molecular complexity index is 2240. The molecule has 2 fully saturated rings. The minimum absolute atomic E-state index is 0.0329. The molecule has 0 unspecified atom stereocenters. The summed E-state index contributed by atoms with van der Waals surface area (Å²) in [5.74, 6) is -8.69. The molecule has 0 saturated carbocycles. The van der Waals surface area contributed by atoms with Crippen LogP contribution in [0.3, 0.4) is 0 Å². The highest BCUT2D eigenvalue weighted by molar-refractivity contribution is 8.76. The van der Waals surface area contributed by atoms with Crippen molar-refractivity contribution in [3.05, 3.63) is 65.7 Å². The van der Waals surface area contributed by atoms with Gasteiger partial charge in [-0.2, -0.15) is 0 Å². The van der Waals surface area contributed by atoms with Gasteiger partial charge < -0.3 is 70.6 Å². The van der Waals surface area contributed by atoms with Crippen LogP contribution in [0.25, 0.3) is 0 Å². The smallest absolute Gasteiger partial charge is 0.246 e. The number of likely N-dealkylation sites (tertiary alicyclic amines) is 1. The Balaban J connectivity index is 1.68. The van der Waals surface area contributed by atoms with Gasteiger partial charge in [0.1, 0.15) is 48.0 Å². The second-order valence-corrected chi connectivity index (χ2v) is 19.2. The number of phenolic OH excluding ortho intramolecular Hbond substituents is 1.